The molecule has 3 aromatic heterocycles. The molecule has 0 atom stereocenters. The first kappa shape index (κ1) is 20.3. The smallest absolute Gasteiger partial charge is 0.268 e. The third-order valence-electron chi connectivity index (χ3n) is 5.93. The minimum atomic E-state index is -3.88. The van der Waals surface area contributed by atoms with Crippen LogP contribution in [0, 0.1) is 0 Å². The monoisotopic (exact) mass is 466 g/mol. The van der Waals surface area contributed by atoms with Gasteiger partial charge in [-0.2, -0.15) is 0 Å². The molecule has 8 heteroatoms. The second-order valence-electron chi connectivity index (χ2n) is 7.96. The summed E-state index contributed by atoms with van der Waals surface area (Å²) in [6.45, 7) is 0.0757. The summed E-state index contributed by atoms with van der Waals surface area (Å²) in [7, 11) is -3.88. The van der Waals surface area contributed by atoms with Gasteiger partial charge in [-0.05, 0) is 36.4 Å². The molecule has 3 heterocycles. The lowest BCUT2D eigenvalue weighted by molar-refractivity contribution is 0.588. The third-order valence-corrected chi connectivity index (χ3v) is 7.62. The first-order chi connectivity index (χ1) is 16.5. The van der Waals surface area contributed by atoms with Gasteiger partial charge in [-0.25, -0.2) is 22.4 Å². The molecule has 0 fully saturated rings. The molecule has 3 aromatic carbocycles. The summed E-state index contributed by atoms with van der Waals surface area (Å²) < 4.78 is 29.8. The van der Waals surface area contributed by atoms with Gasteiger partial charge < -0.3 is 0 Å². The molecular formula is C26H18N4O3S. The van der Waals surface area contributed by atoms with Crippen LogP contribution >= 0.6 is 0 Å². The Morgan fingerprint density at radius 1 is 0.735 bits per heavy atom. The number of rotatable bonds is 4. The number of aromatic nitrogens is 4. The summed E-state index contributed by atoms with van der Waals surface area (Å²) in [5.41, 5.74) is 2.04. The lowest BCUT2D eigenvalue weighted by Crippen LogP contribution is -2.22. The highest BCUT2D eigenvalue weighted by Crippen LogP contribution is 2.30. The van der Waals surface area contributed by atoms with Crippen molar-refractivity contribution in [3.05, 3.63) is 114 Å². The van der Waals surface area contributed by atoms with Crippen molar-refractivity contribution in [1.29, 1.82) is 0 Å². The van der Waals surface area contributed by atoms with Crippen molar-refractivity contribution in [3.63, 3.8) is 0 Å². The zero-order valence-electron chi connectivity index (χ0n) is 17.9. The number of nitrogens with zero attached hydrogens (tertiary/aromatic N) is 4. The highest BCUT2D eigenvalue weighted by Gasteiger charge is 2.23. The van der Waals surface area contributed by atoms with Gasteiger partial charge in [-0.3, -0.25) is 9.36 Å². The van der Waals surface area contributed by atoms with Gasteiger partial charge in [-0.1, -0.05) is 48.5 Å². The quantitative estimate of drug-likeness (QED) is 0.389. The molecule has 0 saturated carbocycles. The van der Waals surface area contributed by atoms with Gasteiger partial charge in [0.1, 0.15) is 0 Å². The largest absolute Gasteiger partial charge is 0.293 e. The lowest BCUT2D eigenvalue weighted by Gasteiger charge is -2.13. The molecular weight excluding hydrogens is 448 g/mol. The molecule has 0 radical (unpaired) electrons. The first-order valence-corrected chi connectivity index (χ1v) is 12.1. The van der Waals surface area contributed by atoms with E-state index in [-0.39, 0.29) is 17.0 Å². The number of benzene rings is 3. The van der Waals surface area contributed by atoms with Gasteiger partial charge in [0.2, 0.25) is 0 Å². The van der Waals surface area contributed by atoms with Crippen LogP contribution in [-0.4, -0.2) is 26.9 Å². The molecule has 0 N–H and O–H groups in total. The first-order valence-electron chi connectivity index (χ1n) is 10.7. The molecule has 0 amide bonds. The Hall–Kier alpha value is -4.30. The predicted molar refractivity (Wildman–Crippen MR) is 131 cm³/mol. The summed E-state index contributed by atoms with van der Waals surface area (Å²) in [4.78, 5) is 22.5. The van der Waals surface area contributed by atoms with Crippen LogP contribution < -0.4 is 5.56 Å². The molecule has 7 nitrogen and oxygen atoms in total. The van der Waals surface area contributed by atoms with Gasteiger partial charge in [0.05, 0.1) is 45.4 Å². The van der Waals surface area contributed by atoms with E-state index < -0.39 is 10.0 Å². The molecule has 0 spiro atoms. The summed E-state index contributed by atoms with van der Waals surface area (Å²) in [5.74, 6) is 0. The molecule has 6 rings (SSSR count). The average molecular weight is 467 g/mol. The van der Waals surface area contributed by atoms with Crippen molar-refractivity contribution in [2.24, 2.45) is 0 Å². The Morgan fingerprint density at radius 2 is 1.41 bits per heavy atom. The normalized spacial score (nSPS) is 12.0. The number of fused-ring (bicyclic) bond motifs is 4. The summed E-state index contributed by atoms with van der Waals surface area (Å²) in [6.07, 6.45) is 3.03. The van der Waals surface area contributed by atoms with E-state index in [4.69, 9.17) is 4.98 Å². The number of para-hydroxylation sites is 2. The zero-order chi connectivity index (χ0) is 23.3. The minimum Gasteiger partial charge on any atom is -0.293 e. The summed E-state index contributed by atoms with van der Waals surface area (Å²) >= 11 is 0. The van der Waals surface area contributed by atoms with Crippen molar-refractivity contribution >= 4 is 42.7 Å². The molecule has 0 aliphatic heterocycles. The van der Waals surface area contributed by atoms with Crippen molar-refractivity contribution in [2.45, 2.75) is 11.4 Å². The SMILES string of the molecule is O=c1c2ccccc2ncn1Cc1nc2ccccc2c2ccn(S(=O)(=O)c3ccccc3)c12. The number of hydrogen-bond acceptors (Lipinski definition) is 5. The molecule has 0 aliphatic rings. The Morgan fingerprint density at radius 3 is 2.21 bits per heavy atom. The van der Waals surface area contributed by atoms with Gasteiger partial charge in [0, 0.05) is 17.0 Å². The highest BCUT2D eigenvalue weighted by atomic mass is 32.2. The van der Waals surface area contributed by atoms with Gasteiger partial charge in [0.15, 0.2) is 0 Å². The second kappa shape index (κ2) is 7.64. The number of pyridine rings is 1. The minimum absolute atomic E-state index is 0.0757. The van der Waals surface area contributed by atoms with Gasteiger partial charge >= 0.3 is 0 Å². The Labute approximate surface area is 194 Å². The average Bonchev–Trinajstić information content (AvgIpc) is 3.33. The van der Waals surface area contributed by atoms with Crippen LogP contribution in [0.5, 0.6) is 0 Å². The third kappa shape index (κ3) is 3.11. The van der Waals surface area contributed by atoms with Crippen molar-refractivity contribution in [1.82, 2.24) is 18.5 Å². The van der Waals surface area contributed by atoms with Gasteiger partial charge in [0.25, 0.3) is 15.6 Å². The maximum atomic E-state index is 13.5. The maximum Gasteiger partial charge on any atom is 0.268 e. The van der Waals surface area contributed by atoms with E-state index in [1.165, 1.54) is 14.9 Å². The van der Waals surface area contributed by atoms with Crippen molar-refractivity contribution in [3.8, 4) is 0 Å². The Bertz CT molecular complexity index is 1870. The fourth-order valence-corrected chi connectivity index (χ4v) is 5.70. The van der Waals surface area contributed by atoms with Crippen molar-refractivity contribution in [2.75, 3.05) is 0 Å². The predicted octanol–water partition coefficient (Wildman–Crippen LogP) is 4.18. The number of hydrogen-bond donors (Lipinski definition) is 0. The van der Waals surface area contributed by atoms with Crippen LogP contribution in [0.2, 0.25) is 0 Å². The highest BCUT2D eigenvalue weighted by molar-refractivity contribution is 7.90. The van der Waals surface area contributed by atoms with Crippen LogP contribution in [0.25, 0.3) is 32.7 Å². The van der Waals surface area contributed by atoms with E-state index in [0.29, 0.717) is 22.1 Å². The Balaban J connectivity index is 1.63. The van der Waals surface area contributed by atoms with Crippen molar-refractivity contribution < 1.29 is 8.42 Å². The molecule has 0 aliphatic carbocycles. The van der Waals surface area contributed by atoms with Crippen LogP contribution in [0.15, 0.2) is 107 Å². The molecule has 166 valence electrons. The standard InChI is InChI=1S/C26H18N4O3S/c31-26-21-11-5-6-12-22(21)27-17-29(26)16-24-25-20(19-10-4-7-13-23(19)28-24)14-15-30(25)34(32,33)18-8-2-1-3-9-18/h1-15,17H,16H2. The fraction of sp³-hybridized carbons (Fsp3) is 0.0385. The molecule has 6 aromatic rings. The van der Waals surface area contributed by atoms with Crippen LogP contribution in [-0.2, 0) is 16.6 Å². The topological polar surface area (TPSA) is 86.8 Å². The zero-order valence-corrected chi connectivity index (χ0v) is 18.7. The van der Waals surface area contributed by atoms with E-state index in [2.05, 4.69) is 4.98 Å². The van der Waals surface area contributed by atoms with Crippen LogP contribution in [0.4, 0.5) is 0 Å². The van der Waals surface area contributed by atoms with E-state index in [0.717, 1.165) is 16.3 Å². The van der Waals surface area contributed by atoms with E-state index >= 15 is 0 Å². The summed E-state index contributed by atoms with van der Waals surface area (Å²) in [6, 6.07) is 24.8. The maximum absolute atomic E-state index is 13.5. The fourth-order valence-electron chi connectivity index (χ4n) is 4.31. The molecule has 0 saturated heterocycles. The molecule has 0 unspecified atom stereocenters. The van der Waals surface area contributed by atoms with E-state index in [1.54, 1.807) is 60.8 Å². The van der Waals surface area contributed by atoms with Crippen LogP contribution in [0.3, 0.4) is 0 Å². The lowest BCUT2D eigenvalue weighted by atomic mass is 10.1. The molecule has 34 heavy (non-hydrogen) atoms. The second-order valence-corrected chi connectivity index (χ2v) is 9.78. The van der Waals surface area contributed by atoms with E-state index in [1.807, 2.05) is 30.3 Å². The molecule has 0 bridgehead atoms. The van der Waals surface area contributed by atoms with Crippen LogP contribution in [0.1, 0.15) is 5.69 Å². The summed E-state index contributed by atoms with van der Waals surface area (Å²) in [5, 5.41) is 2.09. The Kier molecular flexibility index (Phi) is 4.56. The van der Waals surface area contributed by atoms with Gasteiger partial charge in [-0.15, -0.1) is 0 Å². The van der Waals surface area contributed by atoms with E-state index in [9.17, 15) is 13.2 Å².